The number of nitrogens with one attached hydrogen (secondary N) is 2. The van der Waals surface area contributed by atoms with Crippen LogP contribution in [0.5, 0.6) is 0 Å². The minimum atomic E-state index is -4.46. The standard InChI is InChI=1S/C20H35N4O8P/c1-6-19(5,28)33(29,30)32-20(7-2,8-3)9-13-14(25)15(26)17(31-13)24-10-12-16(23-18(24)27)22-11(4)21-12/h10-11,13-15,17,21,25-26,28H,6-9H2,1-5H3,(H,29,30)(H,22,23,27). The number of aliphatic hydroxyl groups excluding tert-OH is 2. The third-order valence-corrected chi connectivity index (χ3v) is 8.91. The van der Waals surface area contributed by atoms with Crippen LogP contribution in [0.2, 0.25) is 0 Å². The summed E-state index contributed by atoms with van der Waals surface area (Å²) >= 11 is 0. The van der Waals surface area contributed by atoms with Crippen LogP contribution in [0.25, 0.3) is 0 Å². The maximum absolute atomic E-state index is 12.8. The SMILES string of the molecule is CCC(CC)(CC1OC(n2cc3c(nc2=O)NC(C)N3)C(O)C1O)OP(=O)(O)C(C)(O)CC. The second-order valence-corrected chi connectivity index (χ2v) is 11.2. The molecule has 7 unspecified atom stereocenters. The summed E-state index contributed by atoms with van der Waals surface area (Å²) in [6, 6.07) is 0. The van der Waals surface area contributed by atoms with E-state index in [1.807, 2.05) is 6.92 Å². The van der Waals surface area contributed by atoms with E-state index in [-0.39, 0.29) is 31.8 Å². The number of aliphatic hydroxyl groups is 3. The van der Waals surface area contributed by atoms with Crippen molar-refractivity contribution < 1.29 is 34.0 Å². The number of hydrogen-bond donors (Lipinski definition) is 6. The molecule has 33 heavy (non-hydrogen) atoms. The lowest BCUT2D eigenvalue weighted by Crippen LogP contribution is -2.41. The Morgan fingerprint density at radius 1 is 1.21 bits per heavy atom. The molecule has 2 aliphatic rings. The molecule has 0 bridgehead atoms. The first-order valence-corrected chi connectivity index (χ1v) is 12.8. The number of nitrogens with zero attached hydrogens (tertiary/aromatic N) is 2. The summed E-state index contributed by atoms with van der Waals surface area (Å²) in [7, 11) is -4.46. The number of aromatic nitrogens is 2. The third-order valence-electron chi connectivity index (χ3n) is 6.75. The van der Waals surface area contributed by atoms with Gasteiger partial charge in [0.25, 0.3) is 0 Å². The molecule has 12 nitrogen and oxygen atoms in total. The normalized spacial score (nSPS) is 30.8. The van der Waals surface area contributed by atoms with Gasteiger partial charge in [-0.05, 0) is 33.1 Å². The highest BCUT2D eigenvalue weighted by Crippen LogP contribution is 2.59. The van der Waals surface area contributed by atoms with Crippen molar-refractivity contribution in [2.45, 2.75) is 102 Å². The van der Waals surface area contributed by atoms with Gasteiger partial charge in [0.1, 0.15) is 12.2 Å². The molecule has 0 saturated carbocycles. The summed E-state index contributed by atoms with van der Waals surface area (Å²) in [4.78, 5) is 27.0. The van der Waals surface area contributed by atoms with Gasteiger partial charge in [0.2, 0.25) is 0 Å². The molecule has 1 aromatic heterocycles. The molecule has 1 fully saturated rings. The van der Waals surface area contributed by atoms with E-state index in [2.05, 4.69) is 15.6 Å². The maximum Gasteiger partial charge on any atom is 0.359 e. The highest BCUT2D eigenvalue weighted by atomic mass is 31.2. The third kappa shape index (κ3) is 4.84. The van der Waals surface area contributed by atoms with Gasteiger partial charge in [-0.15, -0.1) is 0 Å². The van der Waals surface area contributed by atoms with Gasteiger partial charge in [0.05, 0.1) is 23.6 Å². The Morgan fingerprint density at radius 2 is 1.85 bits per heavy atom. The zero-order valence-electron chi connectivity index (χ0n) is 19.6. The molecule has 1 aromatic rings. The molecule has 6 N–H and O–H groups in total. The van der Waals surface area contributed by atoms with Crippen LogP contribution in [-0.2, 0) is 13.8 Å². The van der Waals surface area contributed by atoms with E-state index >= 15 is 0 Å². The van der Waals surface area contributed by atoms with Crippen LogP contribution in [0.4, 0.5) is 11.5 Å². The number of anilines is 2. The van der Waals surface area contributed by atoms with E-state index < -0.39 is 48.8 Å². The highest BCUT2D eigenvalue weighted by molar-refractivity contribution is 7.54. The van der Waals surface area contributed by atoms with E-state index in [9.17, 15) is 29.6 Å². The number of ether oxygens (including phenoxy) is 1. The average molecular weight is 490 g/mol. The molecule has 1 saturated heterocycles. The minimum Gasteiger partial charge on any atom is -0.388 e. The van der Waals surface area contributed by atoms with E-state index in [1.165, 1.54) is 13.1 Å². The Labute approximate surface area is 192 Å². The van der Waals surface area contributed by atoms with Crippen molar-refractivity contribution in [3.63, 3.8) is 0 Å². The van der Waals surface area contributed by atoms with Crippen molar-refractivity contribution >= 4 is 19.1 Å². The van der Waals surface area contributed by atoms with Crippen LogP contribution in [0, 0.1) is 0 Å². The summed E-state index contributed by atoms with van der Waals surface area (Å²) in [5.41, 5.74) is -1.33. The fourth-order valence-corrected chi connectivity index (χ4v) is 5.56. The lowest BCUT2D eigenvalue weighted by Gasteiger charge is -2.39. The fraction of sp³-hybridized carbons (Fsp3) is 0.800. The van der Waals surface area contributed by atoms with Gasteiger partial charge in [0, 0.05) is 12.6 Å². The molecule has 0 aromatic carbocycles. The predicted molar refractivity (Wildman–Crippen MR) is 121 cm³/mol. The molecule has 3 heterocycles. The van der Waals surface area contributed by atoms with Gasteiger partial charge in [-0.1, -0.05) is 20.8 Å². The summed E-state index contributed by atoms with van der Waals surface area (Å²) in [5.74, 6) is 0.388. The lowest BCUT2D eigenvalue weighted by atomic mass is 9.88. The predicted octanol–water partition coefficient (Wildman–Crippen LogP) is 1.32. The molecule has 188 valence electrons. The smallest absolute Gasteiger partial charge is 0.359 e. The van der Waals surface area contributed by atoms with Crippen molar-refractivity contribution in [3.8, 4) is 0 Å². The second kappa shape index (κ2) is 9.26. The van der Waals surface area contributed by atoms with Crippen molar-refractivity contribution in [1.29, 1.82) is 0 Å². The number of rotatable bonds is 9. The first-order chi connectivity index (χ1) is 15.3. The summed E-state index contributed by atoms with van der Waals surface area (Å²) in [6.07, 6.45) is -3.15. The van der Waals surface area contributed by atoms with E-state index in [1.54, 1.807) is 20.8 Å². The van der Waals surface area contributed by atoms with Crippen molar-refractivity contribution in [1.82, 2.24) is 9.55 Å². The van der Waals surface area contributed by atoms with Crippen molar-refractivity contribution in [3.05, 3.63) is 16.7 Å². The minimum absolute atomic E-state index is 0.00336. The largest absolute Gasteiger partial charge is 0.388 e. The fourth-order valence-electron chi connectivity index (χ4n) is 4.10. The summed E-state index contributed by atoms with van der Waals surface area (Å²) in [5, 5.41) is 35.9. The van der Waals surface area contributed by atoms with Crippen LogP contribution in [0.15, 0.2) is 11.0 Å². The summed E-state index contributed by atoms with van der Waals surface area (Å²) < 4.78 is 25.5. The molecular weight excluding hydrogens is 455 g/mol. The van der Waals surface area contributed by atoms with Crippen LogP contribution in [0.3, 0.4) is 0 Å². The van der Waals surface area contributed by atoms with Gasteiger partial charge in [-0.2, -0.15) is 4.98 Å². The van der Waals surface area contributed by atoms with Crippen molar-refractivity contribution in [2.24, 2.45) is 0 Å². The molecule has 3 rings (SSSR count). The molecule has 7 atom stereocenters. The topological polar surface area (TPSA) is 175 Å². The molecule has 13 heteroatoms. The first kappa shape index (κ1) is 26.1. The quantitative estimate of drug-likeness (QED) is 0.275. The second-order valence-electron chi connectivity index (χ2n) is 9.03. The Morgan fingerprint density at radius 3 is 2.42 bits per heavy atom. The van der Waals surface area contributed by atoms with Gasteiger partial charge >= 0.3 is 13.3 Å². The molecule has 2 aliphatic heterocycles. The number of hydrogen-bond acceptors (Lipinski definition) is 10. The van der Waals surface area contributed by atoms with E-state index in [4.69, 9.17) is 9.26 Å². The Hall–Kier alpha value is -1.53. The van der Waals surface area contributed by atoms with Gasteiger partial charge in [-0.3, -0.25) is 13.7 Å². The van der Waals surface area contributed by atoms with E-state index in [0.717, 1.165) is 4.57 Å². The Balaban J connectivity index is 1.85. The zero-order valence-corrected chi connectivity index (χ0v) is 20.5. The molecule has 0 radical (unpaired) electrons. The highest BCUT2D eigenvalue weighted by Gasteiger charge is 2.51. The molecule has 0 aliphatic carbocycles. The van der Waals surface area contributed by atoms with Gasteiger partial charge < -0.3 is 35.6 Å². The van der Waals surface area contributed by atoms with Crippen LogP contribution < -0.4 is 16.3 Å². The molecule has 0 amide bonds. The van der Waals surface area contributed by atoms with Crippen LogP contribution in [0.1, 0.15) is 66.5 Å². The lowest BCUT2D eigenvalue weighted by molar-refractivity contribution is -0.0774. The van der Waals surface area contributed by atoms with Crippen LogP contribution >= 0.6 is 7.60 Å². The van der Waals surface area contributed by atoms with Gasteiger partial charge in [0.15, 0.2) is 17.4 Å². The van der Waals surface area contributed by atoms with Crippen molar-refractivity contribution in [2.75, 3.05) is 10.6 Å². The molecule has 0 spiro atoms. The maximum atomic E-state index is 12.8. The monoisotopic (exact) mass is 490 g/mol. The Bertz CT molecular complexity index is 966. The Kier molecular flexibility index (Phi) is 7.32. The van der Waals surface area contributed by atoms with E-state index in [0.29, 0.717) is 11.5 Å². The first-order valence-electron chi connectivity index (χ1n) is 11.2. The average Bonchev–Trinajstić information content (AvgIpc) is 3.25. The molecular formula is C20H35N4O8P. The zero-order chi connectivity index (χ0) is 24.8. The van der Waals surface area contributed by atoms with Crippen LogP contribution in [-0.4, -0.2) is 65.2 Å². The summed E-state index contributed by atoms with van der Waals surface area (Å²) in [6.45, 7) is 8.18. The van der Waals surface area contributed by atoms with Gasteiger partial charge in [-0.25, -0.2) is 4.79 Å². The number of fused-ring (bicyclic) bond motifs is 1.